The molecule has 0 aliphatic heterocycles. The van der Waals surface area contributed by atoms with Crippen molar-refractivity contribution < 1.29 is 14.7 Å². The molecule has 174 valence electrons. The molecule has 1 heterocycles. The number of aliphatic hydroxyl groups excluding tert-OH is 1. The second-order valence-electron chi connectivity index (χ2n) is 8.89. The van der Waals surface area contributed by atoms with E-state index in [0.717, 1.165) is 18.5 Å². The number of rotatable bonds is 9. The van der Waals surface area contributed by atoms with Crippen LogP contribution in [0.1, 0.15) is 37.4 Å². The Kier molecular flexibility index (Phi) is 6.51. The van der Waals surface area contributed by atoms with Crippen LogP contribution in [0.2, 0.25) is 0 Å². The fourth-order valence-electron chi connectivity index (χ4n) is 4.34. The number of fused-ring (bicyclic) bond motifs is 3. The Bertz CT molecular complexity index is 1210. The predicted octanol–water partition coefficient (Wildman–Crippen LogP) is 2.38. The lowest BCUT2D eigenvalue weighted by Gasteiger charge is -2.26. The number of aromatic amines is 1. The number of H-pyrrole nitrogens is 1. The highest BCUT2D eigenvalue weighted by Crippen LogP contribution is 2.44. The number of aliphatic hydroxyl groups is 1. The van der Waals surface area contributed by atoms with E-state index in [4.69, 9.17) is 0 Å². The van der Waals surface area contributed by atoms with Crippen molar-refractivity contribution in [3.63, 3.8) is 0 Å². The van der Waals surface area contributed by atoms with Gasteiger partial charge in [0.2, 0.25) is 0 Å². The van der Waals surface area contributed by atoms with E-state index in [2.05, 4.69) is 15.6 Å². The Hall–Kier alpha value is -3.20. The first-order valence-corrected chi connectivity index (χ1v) is 11.1. The van der Waals surface area contributed by atoms with Gasteiger partial charge in [0.25, 0.3) is 0 Å². The number of likely N-dealkylation sites (N-methyl/N-ethyl adjacent to an activating group) is 2. The summed E-state index contributed by atoms with van der Waals surface area (Å²) < 4.78 is 0. The molecule has 33 heavy (non-hydrogen) atoms. The van der Waals surface area contributed by atoms with Gasteiger partial charge >= 0.3 is 0 Å². The third-order valence-electron chi connectivity index (χ3n) is 5.97. The van der Waals surface area contributed by atoms with Crippen molar-refractivity contribution in [3.8, 4) is 0 Å². The first-order chi connectivity index (χ1) is 15.8. The summed E-state index contributed by atoms with van der Waals surface area (Å²) >= 11 is 0. The minimum absolute atomic E-state index is 0.176. The predicted molar refractivity (Wildman–Crippen MR) is 132 cm³/mol. The summed E-state index contributed by atoms with van der Waals surface area (Å²) in [6.45, 7) is 2.50. The van der Waals surface area contributed by atoms with Gasteiger partial charge in [-0.1, -0.05) is 24.3 Å². The van der Waals surface area contributed by atoms with Crippen LogP contribution < -0.4 is 10.6 Å². The van der Waals surface area contributed by atoms with Crippen LogP contribution in [0.25, 0.3) is 10.9 Å². The molecule has 0 fully saturated rings. The highest BCUT2D eigenvalue weighted by molar-refractivity contribution is 6.35. The molecule has 0 amide bonds. The number of hydrogen-bond acceptors (Lipinski definition) is 7. The topological polar surface area (TPSA) is 101 Å². The van der Waals surface area contributed by atoms with Crippen LogP contribution >= 0.6 is 0 Å². The van der Waals surface area contributed by atoms with Gasteiger partial charge in [-0.15, -0.1) is 0 Å². The van der Waals surface area contributed by atoms with Crippen LogP contribution in [-0.2, 0) is 6.61 Å². The van der Waals surface area contributed by atoms with E-state index in [-0.39, 0.29) is 18.2 Å². The van der Waals surface area contributed by atoms with E-state index >= 15 is 0 Å². The molecule has 2 aromatic carbocycles. The number of carbonyl (C=O) groups is 2. The lowest BCUT2D eigenvalue weighted by atomic mass is 9.81. The number of aromatic nitrogens is 1. The van der Waals surface area contributed by atoms with Gasteiger partial charge in [0.15, 0.2) is 11.6 Å². The molecular formula is C25H31N5O3. The zero-order valence-electron chi connectivity index (χ0n) is 19.6. The number of nitrogens with one attached hydrogen (secondary N) is 3. The molecule has 4 N–H and O–H groups in total. The number of anilines is 2. The number of benzene rings is 2. The van der Waals surface area contributed by atoms with Crippen LogP contribution in [0, 0.1) is 0 Å². The molecule has 3 aromatic rings. The maximum absolute atomic E-state index is 13.8. The van der Waals surface area contributed by atoms with Gasteiger partial charge in [0, 0.05) is 54.5 Å². The Morgan fingerprint density at radius 3 is 1.88 bits per heavy atom. The largest absolute Gasteiger partial charge is 0.392 e. The van der Waals surface area contributed by atoms with Gasteiger partial charge in [-0.3, -0.25) is 9.59 Å². The second kappa shape index (κ2) is 9.35. The summed E-state index contributed by atoms with van der Waals surface area (Å²) in [6.07, 6.45) is 1.74. The fraction of sp³-hybridized carbons (Fsp3) is 0.360. The molecular weight excluding hydrogens is 418 g/mol. The highest BCUT2D eigenvalue weighted by atomic mass is 16.3. The van der Waals surface area contributed by atoms with E-state index in [1.807, 2.05) is 38.0 Å². The molecule has 8 nitrogen and oxygen atoms in total. The van der Waals surface area contributed by atoms with E-state index in [9.17, 15) is 14.7 Å². The Labute approximate surface area is 193 Å². The van der Waals surface area contributed by atoms with Crippen molar-refractivity contribution in [1.29, 1.82) is 0 Å². The average molecular weight is 450 g/mol. The van der Waals surface area contributed by atoms with E-state index < -0.39 is 0 Å². The standard InChI is InChI=1S/C25H31N5O3/c1-29(2)11-9-26-21-18-15(14-31)13-28-22(18)23(27-10-12-30(3)4)20-19(21)24(32)16-7-5-6-8-17(16)25(20)33/h5-8,13,26-28,31H,9-12,14H2,1-4H3. The molecule has 1 aliphatic rings. The van der Waals surface area contributed by atoms with E-state index in [0.29, 0.717) is 57.8 Å². The molecule has 0 spiro atoms. The first-order valence-electron chi connectivity index (χ1n) is 11.1. The summed E-state index contributed by atoms with van der Waals surface area (Å²) in [4.78, 5) is 34.8. The molecule has 1 aliphatic carbocycles. The summed E-state index contributed by atoms with van der Waals surface area (Å²) in [5.74, 6) is -0.361. The fourth-order valence-corrected chi connectivity index (χ4v) is 4.34. The minimum atomic E-state index is -0.185. The average Bonchev–Trinajstić information content (AvgIpc) is 3.22. The minimum Gasteiger partial charge on any atom is -0.392 e. The summed E-state index contributed by atoms with van der Waals surface area (Å²) in [5.41, 5.74) is 4.16. The van der Waals surface area contributed by atoms with Gasteiger partial charge < -0.3 is 30.5 Å². The van der Waals surface area contributed by atoms with Crippen molar-refractivity contribution >= 4 is 33.8 Å². The van der Waals surface area contributed by atoms with Gasteiger partial charge in [0.1, 0.15) is 0 Å². The van der Waals surface area contributed by atoms with Gasteiger partial charge in [0.05, 0.1) is 34.6 Å². The van der Waals surface area contributed by atoms with Gasteiger partial charge in [-0.25, -0.2) is 0 Å². The number of ketones is 2. The SMILES string of the molecule is CN(C)CCNc1c2c(c(NCCN(C)C)c3c(CO)c[nH]c13)C(=O)c1ccccc1C2=O. The number of nitrogens with zero attached hydrogens (tertiary/aromatic N) is 2. The van der Waals surface area contributed by atoms with Crippen LogP contribution in [0.15, 0.2) is 30.5 Å². The maximum Gasteiger partial charge on any atom is 0.196 e. The zero-order chi connectivity index (χ0) is 23.7. The molecule has 1 aromatic heterocycles. The Balaban J connectivity index is 1.98. The molecule has 0 atom stereocenters. The molecule has 4 rings (SSSR count). The summed E-state index contributed by atoms with van der Waals surface area (Å²) in [6, 6.07) is 6.97. The third kappa shape index (κ3) is 4.13. The van der Waals surface area contributed by atoms with Crippen molar-refractivity contribution in [2.45, 2.75) is 6.61 Å². The molecule has 8 heteroatoms. The normalized spacial score (nSPS) is 13.1. The quantitative estimate of drug-likeness (QED) is 0.291. The summed E-state index contributed by atoms with van der Waals surface area (Å²) in [7, 11) is 7.91. The third-order valence-corrected chi connectivity index (χ3v) is 5.97. The number of carbonyl (C=O) groups excluding carboxylic acids is 2. The smallest absolute Gasteiger partial charge is 0.196 e. The lowest BCUT2D eigenvalue weighted by Crippen LogP contribution is -2.27. The molecule has 0 bridgehead atoms. The van der Waals surface area contributed by atoms with Crippen molar-refractivity contribution in [2.75, 3.05) is 65.0 Å². The molecule has 0 unspecified atom stereocenters. The Morgan fingerprint density at radius 1 is 0.848 bits per heavy atom. The lowest BCUT2D eigenvalue weighted by molar-refractivity contribution is 0.0980. The molecule has 0 saturated carbocycles. The van der Waals surface area contributed by atoms with Crippen LogP contribution in [0.5, 0.6) is 0 Å². The molecule has 0 saturated heterocycles. The Morgan fingerprint density at radius 2 is 1.36 bits per heavy atom. The van der Waals surface area contributed by atoms with E-state index in [1.54, 1.807) is 30.5 Å². The van der Waals surface area contributed by atoms with Gasteiger partial charge in [-0.2, -0.15) is 0 Å². The summed E-state index contributed by atoms with van der Waals surface area (Å²) in [5, 5.41) is 17.6. The van der Waals surface area contributed by atoms with Crippen molar-refractivity contribution in [3.05, 3.63) is 58.3 Å². The van der Waals surface area contributed by atoms with Crippen LogP contribution in [-0.4, -0.2) is 85.8 Å². The van der Waals surface area contributed by atoms with Crippen LogP contribution in [0.3, 0.4) is 0 Å². The van der Waals surface area contributed by atoms with E-state index in [1.165, 1.54) is 0 Å². The zero-order valence-corrected chi connectivity index (χ0v) is 19.6. The molecule has 0 radical (unpaired) electrons. The highest BCUT2D eigenvalue weighted by Gasteiger charge is 2.36. The second-order valence-corrected chi connectivity index (χ2v) is 8.89. The van der Waals surface area contributed by atoms with Crippen molar-refractivity contribution in [2.24, 2.45) is 0 Å². The monoisotopic (exact) mass is 449 g/mol. The van der Waals surface area contributed by atoms with Crippen LogP contribution in [0.4, 0.5) is 11.4 Å². The maximum atomic E-state index is 13.8. The first kappa shape index (κ1) is 23.0. The number of hydrogen-bond donors (Lipinski definition) is 4. The van der Waals surface area contributed by atoms with Crippen molar-refractivity contribution in [1.82, 2.24) is 14.8 Å². The van der Waals surface area contributed by atoms with Gasteiger partial charge in [-0.05, 0) is 28.2 Å².